The molecule has 1 amide bonds. The smallest absolute Gasteiger partial charge is 0.296 e. The Balaban J connectivity index is 1.86. The second-order valence-corrected chi connectivity index (χ2v) is 7.63. The average molecular weight is 455 g/mol. The van der Waals surface area contributed by atoms with Crippen molar-refractivity contribution in [2.75, 3.05) is 4.90 Å². The molecule has 6 nitrogen and oxygen atoms in total. The zero-order valence-electron chi connectivity index (χ0n) is 15.0. The molecule has 0 bridgehead atoms. The van der Waals surface area contributed by atoms with Crippen molar-refractivity contribution in [1.82, 2.24) is 5.16 Å². The minimum absolute atomic E-state index is 0.0753. The van der Waals surface area contributed by atoms with Crippen molar-refractivity contribution in [3.63, 3.8) is 0 Å². The maximum absolute atomic E-state index is 14.7. The number of carbonyl (C=O) groups excluding carboxylic acids is 1. The summed E-state index contributed by atoms with van der Waals surface area (Å²) in [7, 11) is 0. The summed E-state index contributed by atoms with van der Waals surface area (Å²) in [6.07, 6.45) is 0. The molecule has 0 radical (unpaired) electrons. The third-order valence-electron chi connectivity index (χ3n) is 4.89. The molecule has 0 saturated heterocycles. The van der Waals surface area contributed by atoms with Gasteiger partial charge in [0.25, 0.3) is 5.91 Å². The van der Waals surface area contributed by atoms with Crippen LogP contribution in [0.5, 0.6) is 0 Å². The van der Waals surface area contributed by atoms with Crippen molar-refractivity contribution in [3.8, 4) is 0 Å². The third kappa shape index (κ3) is 2.63. The van der Waals surface area contributed by atoms with Crippen LogP contribution in [0.15, 0.2) is 66.7 Å². The number of anilines is 1. The average Bonchev–Trinajstić information content (AvgIpc) is 3.24. The van der Waals surface area contributed by atoms with Gasteiger partial charge in [-0.1, -0.05) is 39.3 Å². The third-order valence-corrected chi connectivity index (χ3v) is 5.39. The van der Waals surface area contributed by atoms with E-state index < -0.39 is 23.2 Å². The Bertz CT molecular complexity index is 1360. The summed E-state index contributed by atoms with van der Waals surface area (Å²) in [5.74, 6) is -0.597. The molecule has 2 aromatic carbocycles. The molecule has 8 heteroatoms. The van der Waals surface area contributed by atoms with Gasteiger partial charge in [-0.3, -0.25) is 14.5 Å². The predicted molar refractivity (Wildman–Crippen MR) is 106 cm³/mol. The number of benzene rings is 2. The van der Waals surface area contributed by atoms with Crippen molar-refractivity contribution in [2.24, 2.45) is 0 Å². The van der Waals surface area contributed by atoms with E-state index in [9.17, 15) is 14.0 Å². The fraction of sp³-hybridized carbons (Fsp3) is 0.0952. The van der Waals surface area contributed by atoms with Crippen LogP contribution in [0, 0.1) is 12.7 Å². The topological polar surface area (TPSA) is 76.6 Å². The van der Waals surface area contributed by atoms with E-state index in [0.717, 1.165) is 0 Å². The number of rotatable bonds is 2. The van der Waals surface area contributed by atoms with Gasteiger partial charge in [0.05, 0.1) is 17.0 Å². The van der Waals surface area contributed by atoms with Gasteiger partial charge in [0.1, 0.15) is 17.2 Å². The van der Waals surface area contributed by atoms with Crippen molar-refractivity contribution in [2.45, 2.75) is 13.0 Å². The monoisotopic (exact) mass is 454 g/mol. The Morgan fingerprint density at radius 2 is 1.93 bits per heavy atom. The highest BCUT2D eigenvalue weighted by molar-refractivity contribution is 9.10. The van der Waals surface area contributed by atoms with E-state index in [0.29, 0.717) is 15.6 Å². The number of halogens is 2. The molecule has 1 aliphatic rings. The quantitative estimate of drug-likeness (QED) is 0.437. The highest BCUT2D eigenvalue weighted by atomic mass is 79.9. The van der Waals surface area contributed by atoms with Gasteiger partial charge < -0.3 is 8.94 Å². The number of hydrogen-bond acceptors (Lipinski definition) is 5. The second kappa shape index (κ2) is 6.38. The Hall–Kier alpha value is -3.26. The molecule has 144 valence electrons. The normalized spacial score (nSPS) is 15.9. The van der Waals surface area contributed by atoms with Gasteiger partial charge in [-0.05, 0) is 31.2 Å². The fourth-order valence-electron chi connectivity index (χ4n) is 3.64. The van der Waals surface area contributed by atoms with Crippen molar-refractivity contribution in [1.29, 1.82) is 0 Å². The van der Waals surface area contributed by atoms with Crippen LogP contribution in [0.3, 0.4) is 0 Å². The van der Waals surface area contributed by atoms with E-state index in [4.69, 9.17) is 8.94 Å². The van der Waals surface area contributed by atoms with Crippen molar-refractivity contribution >= 4 is 38.6 Å². The molecule has 0 aliphatic carbocycles. The van der Waals surface area contributed by atoms with Crippen molar-refractivity contribution < 1.29 is 18.1 Å². The van der Waals surface area contributed by atoms with Crippen LogP contribution < -0.4 is 10.3 Å². The van der Waals surface area contributed by atoms with Crippen LogP contribution in [0.4, 0.5) is 10.2 Å². The van der Waals surface area contributed by atoms with Gasteiger partial charge in [-0.15, -0.1) is 0 Å². The molecule has 0 unspecified atom stereocenters. The Kier molecular flexibility index (Phi) is 3.92. The first-order chi connectivity index (χ1) is 14.0. The molecule has 5 rings (SSSR count). The number of carbonyl (C=O) groups is 1. The summed E-state index contributed by atoms with van der Waals surface area (Å²) in [5, 5.41) is 4.20. The van der Waals surface area contributed by atoms with Crippen LogP contribution in [0.2, 0.25) is 0 Å². The first-order valence-electron chi connectivity index (χ1n) is 8.73. The number of aromatic nitrogens is 1. The minimum Gasteiger partial charge on any atom is -0.450 e. The molecule has 29 heavy (non-hydrogen) atoms. The van der Waals surface area contributed by atoms with Crippen molar-refractivity contribution in [3.05, 3.63) is 91.7 Å². The summed E-state index contributed by atoms with van der Waals surface area (Å²) < 4.78 is 26.4. The Morgan fingerprint density at radius 1 is 1.14 bits per heavy atom. The lowest BCUT2D eigenvalue weighted by atomic mass is 9.98. The van der Waals surface area contributed by atoms with Crippen LogP contribution in [0.25, 0.3) is 11.0 Å². The number of fused-ring (bicyclic) bond motifs is 2. The lowest BCUT2D eigenvalue weighted by Crippen LogP contribution is -2.30. The summed E-state index contributed by atoms with van der Waals surface area (Å²) in [4.78, 5) is 27.8. The maximum atomic E-state index is 14.7. The van der Waals surface area contributed by atoms with Crippen LogP contribution in [-0.2, 0) is 0 Å². The predicted octanol–water partition coefficient (Wildman–Crippen LogP) is 4.74. The lowest BCUT2D eigenvalue weighted by molar-refractivity contribution is 0.0969. The molecule has 0 spiro atoms. The molecule has 1 aliphatic heterocycles. The molecule has 0 fully saturated rings. The summed E-state index contributed by atoms with van der Waals surface area (Å²) in [5.41, 5.74) is 0.121. The first kappa shape index (κ1) is 17.8. The minimum atomic E-state index is -1.03. The summed E-state index contributed by atoms with van der Waals surface area (Å²) in [6, 6.07) is 11.5. The molecule has 3 heterocycles. The van der Waals surface area contributed by atoms with E-state index in [2.05, 4.69) is 21.1 Å². The maximum Gasteiger partial charge on any atom is 0.296 e. The SMILES string of the molecule is Cc1cc(N2C(=O)c3oc4ccc(Br)cc4c(=O)c3[C@H]2c2ccccc2F)no1. The van der Waals surface area contributed by atoms with E-state index >= 15 is 0 Å². The van der Waals surface area contributed by atoms with Gasteiger partial charge in [0, 0.05) is 16.1 Å². The van der Waals surface area contributed by atoms with Crippen LogP contribution in [0.1, 0.15) is 33.5 Å². The van der Waals surface area contributed by atoms with Gasteiger partial charge in [0.15, 0.2) is 11.2 Å². The van der Waals surface area contributed by atoms with Crippen LogP contribution in [-0.4, -0.2) is 11.1 Å². The fourth-order valence-corrected chi connectivity index (χ4v) is 4.00. The molecule has 0 N–H and O–H groups in total. The molecular weight excluding hydrogens is 443 g/mol. The second-order valence-electron chi connectivity index (χ2n) is 6.71. The van der Waals surface area contributed by atoms with E-state index in [-0.39, 0.29) is 28.3 Å². The van der Waals surface area contributed by atoms with Gasteiger partial charge >= 0.3 is 0 Å². The highest BCUT2D eigenvalue weighted by Gasteiger charge is 2.45. The number of hydrogen-bond donors (Lipinski definition) is 0. The highest BCUT2D eigenvalue weighted by Crippen LogP contribution is 2.41. The zero-order chi connectivity index (χ0) is 20.3. The molecule has 0 saturated carbocycles. The summed E-state index contributed by atoms with van der Waals surface area (Å²) in [6.45, 7) is 1.68. The zero-order valence-corrected chi connectivity index (χ0v) is 16.6. The van der Waals surface area contributed by atoms with E-state index in [1.54, 1.807) is 43.3 Å². The largest absolute Gasteiger partial charge is 0.450 e. The number of aryl methyl sites for hydroxylation is 1. The number of nitrogens with zero attached hydrogens (tertiary/aromatic N) is 2. The molecule has 2 aromatic heterocycles. The standard InChI is InChI=1S/C21H12BrFN2O4/c1-10-8-16(24-29-10)25-18(12-4-2-3-5-14(12)23)17-19(26)13-9-11(22)6-7-15(13)28-20(17)21(25)27/h2-9,18H,1H3/t18-/m1/s1. The first-order valence-corrected chi connectivity index (χ1v) is 9.52. The van der Waals surface area contributed by atoms with E-state index in [1.807, 2.05) is 0 Å². The molecule has 4 aromatic rings. The van der Waals surface area contributed by atoms with Gasteiger partial charge in [0.2, 0.25) is 5.76 Å². The Labute approximate surface area is 171 Å². The van der Waals surface area contributed by atoms with Gasteiger partial charge in [-0.25, -0.2) is 4.39 Å². The lowest BCUT2D eigenvalue weighted by Gasteiger charge is -2.22. The molecule has 1 atom stereocenters. The number of amides is 1. The van der Waals surface area contributed by atoms with Gasteiger partial charge in [-0.2, -0.15) is 0 Å². The van der Waals surface area contributed by atoms with E-state index in [1.165, 1.54) is 17.0 Å². The molecular formula is C21H12BrFN2O4. The van der Waals surface area contributed by atoms with Crippen LogP contribution >= 0.6 is 15.9 Å². The Morgan fingerprint density at radius 3 is 2.66 bits per heavy atom. The summed E-state index contributed by atoms with van der Waals surface area (Å²) >= 11 is 3.34.